The van der Waals surface area contributed by atoms with Crippen molar-refractivity contribution in [1.29, 1.82) is 0 Å². The maximum atomic E-state index is 12.2. The average Bonchev–Trinajstić information content (AvgIpc) is 2.68. The molecule has 1 aliphatic heterocycles. The van der Waals surface area contributed by atoms with E-state index in [0.717, 1.165) is 35.9 Å². The normalized spacial score (nSPS) is 14.4. The Kier molecular flexibility index (Phi) is 6.87. The van der Waals surface area contributed by atoms with E-state index in [1.807, 2.05) is 49.4 Å². The lowest BCUT2D eigenvalue weighted by molar-refractivity contribution is -0.121. The van der Waals surface area contributed by atoms with Gasteiger partial charge < -0.3 is 15.0 Å². The number of thiocarbonyl (C=S) groups is 1. The molecule has 0 saturated carbocycles. The Morgan fingerprint density at radius 3 is 2.57 bits per heavy atom. The number of amides is 1. The maximum Gasteiger partial charge on any atom is 0.264 e. The van der Waals surface area contributed by atoms with E-state index in [-0.39, 0.29) is 17.6 Å². The molecule has 1 fully saturated rings. The summed E-state index contributed by atoms with van der Waals surface area (Å²) in [5.74, 6) is 1.18. The van der Waals surface area contributed by atoms with Crippen LogP contribution in [-0.2, 0) is 4.79 Å². The second-order valence-corrected chi connectivity index (χ2v) is 7.65. The summed E-state index contributed by atoms with van der Waals surface area (Å²) in [7, 11) is 0. The summed E-state index contributed by atoms with van der Waals surface area (Å²) in [6.45, 7) is 6.22. The maximum absolute atomic E-state index is 12.2. The van der Waals surface area contributed by atoms with Gasteiger partial charge in [0.25, 0.3) is 5.91 Å². The molecule has 3 rings (SSSR count). The van der Waals surface area contributed by atoms with Gasteiger partial charge >= 0.3 is 0 Å². The lowest BCUT2D eigenvalue weighted by atomic mass is 9.98. The Labute approximate surface area is 172 Å². The van der Waals surface area contributed by atoms with Crippen molar-refractivity contribution in [2.45, 2.75) is 26.7 Å². The molecular weight excluding hydrogens is 370 g/mol. The first-order chi connectivity index (χ1) is 13.5. The molecule has 0 atom stereocenters. The van der Waals surface area contributed by atoms with Gasteiger partial charge in [-0.05, 0) is 61.7 Å². The molecule has 2 aromatic carbocycles. The molecule has 0 radical (unpaired) electrons. The van der Waals surface area contributed by atoms with Crippen molar-refractivity contribution in [3.8, 4) is 5.75 Å². The van der Waals surface area contributed by atoms with Crippen molar-refractivity contribution in [3.05, 3.63) is 54.1 Å². The zero-order valence-electron chi connectivity index (χ0n) is 16.4. The van der Waals surface area contributed by atoms with Crippen molar-refractivity contribution < 1.29 is 9.53 Å². The molecule has 1 saturated heterocycles. The molecule has 5 nitrogen and oxygen atoms in total. The SMILES string of the molecule is Cc1ccccc1OCC(=O)NC(=S)Nc1ccccc1N1CCC(C)CC1. The van der Waals surface area contributed by atoms with Crippen LogP contribution in [0.3, 0.4) is 0 Å². The zero-order valence-corrected chi connectivity index (χ0v) is 17.2. The lowest BCUT2D eigenvalue weighted by Crippen LogP contribution is -2.38. The monoisotopic (exact) mass is 397 g/mol. The van der Waals surface area contributed by atoms with Crippen LogP contribution >= 0.6 is 12.2 Å². The molecule has 2 N–H and O–H groups in total. The van der Waals surface area contributed by atoms with Crippen LogP contribution in [0.5, 0.6) is 5.75 Å². The van der Waals surface area contributed by atoms with Gasteiger partial charge in [-0.1, -0.05) is 37.3 Å². The summed E-state index contributed by atoms with van der Waals surface area (Å²) in [5, 5.41) is 6.13. The zero-order chi connectivity index (χ0) is 19.9. The third-order valence-electron chi connectivity index (χ3n) is 4.98. The van der Waals surface area contributed by atoms with E-state index >= 15 is 0 Å². The topological polar surface area (TPSA) is 53.6 Å². The second-order valence-electron chi connectivity index (χ2n) is 7.24. The highest BCUT2D eigenvalue weighted by Gasteiger charge is 2.18. The number of para-hydroxylation sites is 3. The number of carbonyl (C=O) groups excluding carboxylic acids is 1. The van der Waals surface area contributed by atoms with E-state index in [2.05, 4.69) is 28.5 Å². The van der Waals surface area contributed by atoms with E-state index in [9.17, 15) is 4.79 Å². The number of benzene rings is 2. The molecule has 0 aliphatic carbocycles. The molecule has 0 bridgehead atoms. The standard InChI is InChI=1S/C22H27N3O2S/c1-16-11-13-25(14-12-16)19-9-5-4-8-18(19)23-22(28)24-21(26)15-27-20-10-6-3-7-17(20)2/h3-10,16H,11-15H2,1-2H3,(H2,23,24,26,28). The summed E-state index contributed by atoms with van der Waals surface area (Å²) in [6, 6.07) is 15.7. The van der Waals surface area contributed by atoms with Gasteiger partial charge in [0.2, 0.25) is 0 Å². The Hall–Kier alpha value is -2.60. The number of nitrogens with zero attached hydrogens (tertiary/aromatic N) is 1. The first kappa shape index (κ1) is 20.1. The molecule has 6 heteroatoms. The Morgan fingerprint density at radius 2 is 1.82 bits per heavy atom. The Morgan fingerprint density at radius 1 is 1.14 bits per heavy atom. The van der Waals surface area contributed by atoms with E-state index < -0.39 is 0 Å². The van der Waals surface area contributed by atoms with Gasteiger partial charge in [0.05, 0.1) is 11.4 Å². The molecule has 1 aliphatic rings. The van der Waals surface area contributed by atoms with Crippen molar-refractivity contribution in [2.24, 2.45) is 5.92 Å². The summed E-state index contributed by atoms with van der Waals surface area (Å²) in [6.07, 6.45) is 2.37. The van der Waals surface area contributed by atoms with Crippen LogP contribution in [-0.4, -0.2) is 30.7 Å². The number of anilines is 2. The van der Waals surface area contributed by atoms with Gasteiger partial charge in [-0.25, -0.2) is 0 Å². The van der Waals surface area contributed by atoms with Crippen LogP contribution in [0.2, 0.25) is 0 Å². The highest BCUT2D eigenvalue weighted by molar-refractivity contribution is 7.80. The lowest BCUT2D eigenvalue weighted by Gasteiger charge is -2.33. The predicted molar refractivity (Wildman–Crippen MR) is 118 cm³/mol. The average molecular weight is 398 g/mol. The number of hydrogen-bond acceptors (Lipinski definition) is 4. The minimum atomic E-state index is -0.287. The first-order valence-electron chi connectivity index (χ1n) is 9.66. The molecule has 1 amide bonds. The predicted octanol–water partition coefficient (Wildman–Crippen LogP) is 4.12. The fourth-order valence-electron chi connectivity index (χ4n) is 3.28. The Balaban J connectivity index is 1.55. The first-order valence-corrected chi connectivity index (χ1v) is 10.1. The fraction of sp³-hybridized carbons (Fsp3) is 0.364. The number of rotatable bonds is 5. The smallest absolute Gasteiger partial charge is 0.264 e. The van der Waals surface area contributed by atoms with Gasteiger partial charge in [0.1, 0.15) is 5.75 Å². The van der Waals surface area contributed by atoms with Crippen LogP contribution in [0.1, 0.15) is 25.3 Å². The van der Waals surface area contributed by atoms with Gasteiger partial charge in [-0.15, -0.1) is 0 Å². The van der Waals surface area contributed by atoms with Crippen molar-refractivity contribution in [2.75, 3.05) is 29.9 Å². The number of carbonyl (C=O) groups is 1. The number of piperidine rings is 1. The summed E-state index contributed by atoms with van der Waals surface area (Å²) >= 11 is 5.33. The Bertz CT molecular complexity index is 832. The largest absolute Gasteiger partial charge is 0.483 e. The van der Waals surface area contributed by atoms with Gasteiger partial charge in [0.15, 0.2) is 11.7 Å². The molecule has 2 aromatic rings. The summed E-state index contributed by atoms with van der Waals surface area (Å²) in [5.41, 5.74) is 3.00. The third kappa shape index (κ3) is 5.45. The highest BCUT2D eigenvalue weighted by atomic mass is 32.1. The molecule has 148 valence electrons. The van der Waals surface area contributed by atoms with Crippen LogP contribution in [0.15, 0.2) is 48.5 Å². The van der Waals surface area contributed by atoms with Crippen LogP contribution in [0.25, 0.3) is 0 Å². The minimum Gasteiger partial charge on any atom is -0.483 e. The summed E-state index contributed by atoms with van der Waals surface area (Å²) < 4.78 is 5.57. The van der Waals surface area contributed by atoms with Gasteiger partial charge in [-0.3, -0.25) is 10.1 Å². The number of aryl methyl sites for hydroxylation is 1. The minimum absolute atomic E-state index is 0.0850. The van der Waals surface area contributed by atoms with E-state index in [1.165, 1.54) is 12.8 Å². The highest BCUT2D eigenvalue weighted by Crippen LogP contribution is 2.29. The molecule has 0 aromatic heterocycles. The van der Waals surface area contributed by atoms with Crippen LogP contribution in [0.4, 0.5) is 11.4 Å². The molecular formula is C22H27N3O2S. The quantitative estimate of drug-likeness (QED) is 0.743. The van der Waals surface area contributed by atoms with Crippen LogP contribution < -0.4 is 20.3 Å². The fourth-order valence-corrected chi connectivity index (χ4v) is 3.51. The van der Waals surface area contributed by atoms with Crippen molar-refractivity contribution in [3.63, 3.8) is 0 Å². The van der Waals surface area contributed by atoms with Gasteiger partial charge in [-0.2, -0.15) is 0 Å². The third-order valence-corrected chi connectivity index (χ3v) is 5.19. The van der Waals surface area contributed by atoms with E-state index in [0.29, 0.717) is 5.75 Å². The second kappa shape index (κ2) is 9.55. The summed E-state index contributed by atoms with van der Waals surface area (Å²) in [4.78, 5) is 14.5. The molecule has 28 heavy (non-hydrogen) atoms. The number of ether oxygens (including phenoxy) is 1. The van der Waals surface area contributed by atoms with Crippen molar-refractivity contribution in [1.82, 2.24) is 5.32 Å². The number of hydrogen-bond donors (Lipinski definition) is 2. The van der Waals surface area contributed by atoms with E-state index in [4.69, 9.17) is 17.0 Å². The molecule has 0 spiro atoms. The number of nitrogens with one attached hydrogen (secondary N) is 2. The van der Waals surface area contributed by atoms with E-state index in [1.54, 1.807) is 0 Å². The molecule has 1 heterocycles. The van der Waals surface area contributed by atoms with Gasteiger partial charge in [0, 0.05) is 13.1 Å². The van der Waals surface area contributed by atoms with Crippen LogP contribution in [0, 0.1) is 12.8 Å². The molecule has 0 unspecified atom stereocenters. The van der Waals surface area contributed by atoms with Crippen molar-refractivity contribution >= 4 is 34.6 Å².